The van der Waals surface area contributed by atoms with Gasteiger partial charge in [-0.1, -0.05) is 12.8 Å². The Bertz CT molecular complexity index is 1400. The normalized spacial score (nSPS) is 14.4. The molecule has 1 heterocycles. The zero-order chi connectivity index (χ0) is 24.5. The Balaban J connectivity index is 1.59. The van der Waals surface area contributed by atoms with E-state index in [1.165, 1.54) is 31.4 Å². The van der Waals surface area contributed by atoms with Crippen LogP contribution in [0.1, 0.15) is 52.7 Å². The average molecular weight is 486 g/mol. The maximum absolute atomic E-state index is 13.0. The number of ether oxygens (including phenoxy) is 2. The number of fused-ring (bicyclic) bond motifs is 1. The van der Waals surface area contributed by atoms with Crippen LogP contribution in [0.15, 0.2) is 50.5 Å². The minimum atomic E-state index is -3.89. The lowest BCUT2D eigenvalue weighted by Gasteiger charge is -2.15. The molecule has 3 aromatic rings. The van der Waals surface area contributed by atoms with Crippen molar-refractivity contribution in [1.82, 2.24) is 4.72 Å². The molecule has 8 nitrogen and oxygen atoms in total. The Morgan fingerprint density at radius 3 is 2.50 bits per heavy atom. The summed E-state index contributed by atoms with van der Waals surface area (Å²) in [7, 11) is -2.52. The number of hydrogen-bond donors (Lipinski definition) is 1. The highest BCUT2D eigenvalue weighted by Crippen LogP contribution is 2.28. The fourth-order valence-electron chi connectivity index (χ4n) is 4.17. The summed E-state index contributed by atoms with van der Waals surface area (Å²) in [5.41, 5.74) is 2.42. The molecule has 1 aliphatic rings. The molecule has 0 amide bonds. The third-order valence-corrected chi connectivity index (χ3v) is 7.71. The summed E-state index contributed by atoms with van der Waals surface area (Å²) in [4.78, 5) is 24.7. The molecule has 2 aromatic carbocycles. The predicted molar refractivity (Wildman–Crippen MR) is 127 cm³/mol. The number of esters is 1. The van der Waals surface area contributed by atoms with Crippen LogP contribution in [-0.4, -0.2) is 27.5 Å². The first-order valence-corrected chi connectivity index (χ1v) is 12.6. The van der Waals surface area contributed by atoms with Crippen molar-refractivity contribution >= 4 is 27.0 Å². The molecule has 0 unspecified atom stereocenters. The number of methoxy groups -OCH3 is 1. The highest BCUT2D eigenvalue weighted by Gasteiger charge is 2.27. The number of benzene rings is 2. The molecule has 1 fully saturated rings. The average Bonchev–Trinajstić information content (AvgIpc) is 3.30. The molecule has 0 spiro atoms. The van der Waals surface area contributed by atoms with Crippen LogP contribution in [0.5, 0.6) is 5.75 Å². The van der Waals surface area contributed by atoms with Crippen molar-refractivity contribution in [2.75, 3.05) is 7.11 Å². The largest absolute Gasteiger partial charge is 0.495 e. The van der Waals surface area contributed by atoms with E-state index in [2.05, 4.69) is 4.72 Å². The van der Waals surface area contributed by atoms with Gasteiger partial charge in [0.15, 0.2) is 0 Å². The fraction of sp³-hybridized carbons (Fsp3) is 0.360. The van der Waals surface area contributed by atoms with Crippen molar-refractivity contribution in [3.63, 3.8) is 0 Å². The number of aryl methyl sites for hydroxylation is 2. The first-order valence-electron chi connectivity index (χ1n) is 11.1. The van der Waals surface area contributed by atoms with Gasteiger partial charge in [-0.2, -0.15) is 0 Å². The van der Waals surface area contributed by atoms with Crippen LogP contribution < -0.4 is 15.1 Å². The summed E-state index contributed by atoms with van der Waals surface area (Å²) in [6.07, 6.45) is 3.51. The van der Waals surface area contributed by atoms with Crippen LogP contribution in [0.4, 0.5) is 0 Å². The van der Waals surface area contributed by atoms with E-state index in [0.29, 0.717) is 16.5 Å². The molecule has 9 heteroatoms. The topological polar surface area (TPSA) is 112 Å². The van der Waals surface area contributed by atoms with Crippen molar-refractivity contribution in [3.05, 3.63) is 69.1 Å². The van der Waals surface area contributed by atoms with Crippen molar-refractivity contribution in [2.24, 2.45) is 0 Å². The molecule has 0 atom stereocenters. The van der Waals surface area contributed by atoms with Gasteiger partial charge in [0.25, 0.3) is 0 Å². The van der Waals surface area contributed by atoms with E-state index in [-0.39, 0.29) is 28.9 Å². The van der Waals surface area contributed by atoms with E-state index in [9.17, 15) is 18.0 Å². The summed E-state index contributed by atoms with van der Waals surface area (Å²) in [5, 5.41) is 0.675. The minimum absolute atomic E-state index is 0.0619. The summed E-state index contributed by atoms with van der Waals surface area (Å²) >= 11 is 0. The number of hydrogen-bond acceptors (Lipinski definition) is 7. The van der Waals surface area contributed by atoms with E-state index in [1.54, 1.807) is 6.07 Å². The third kappa shape index (κ3) is 5.00. The summed E-state index contributed by atoms with van der Waals surface area (Å²) in [5.74, 6) is -0.579. The van der Waals surface area contributed by atoms with Crippen LogP contribution in [0, 0.1) is 13.8 Å². The number of sulfonamides is 1. The van der Waals surface area contributed by atoms with Gasteiger partial charge in [0.1, 0.15) is 22.8 Å². The van der Waals surface area contributed by atoms with Gasteiger partial charge < -0.3 is 13.9 Å². The van der Waals surface area contributed by atoms with E-state index in [0.717, 1.165) is 36.8 Å². The van der Waals surface area contributed by atoms with Crippen molar-refractivity contribution in [3.8, 4) is 5.75 Å². The molecular weight excluding hydrogens is 458 g/mol. The number of rotatable bonds is 7. The van der Waals surface area contributed by atoms with Gasteiger partial charge in [-0.15, -0.1) is 0 Å². The van der Waals surface area contributed by atoms with Gasteiger partial charge in [0, 0.05) is 23.1 Å². The minimum Gasteiger partial charge on any atom is -0.495 e. The monoisotopic (exact) mass is 485 g/mol. The van der Waals surface area contributed by atoms with Crippen LogP contribution in [0.2, 0.25) is 0 Å². The summed E-state index contributed by atoms with van der Waals surface area (Å²) in [6, 6.07) is 8.94. The highest BCUT2D eigenvalue weighted by atomic mass is 32.2. The third-order valence-electron chi connectivity index (χ3n) is 6.17. The second kappa shape index (κ2) is 9.60. The number of carbonyl (C=O) groups is 1. The Morgan fingerprint density at radius 2 is 1.79 bits per heavy atom. The van der Waals surface area contributed by atoms with Gasteiger partial charge in [0.2, 0.25) is 10.0 Å². The maximum Gasteiger partial charge on any atom is 0.338 e. The smallest absolute Gasteiger partial charge is 0.338 e. The molecule has 0 radical (unpaired) electrons. The van der Waals surface area contributed by atoms with Crippen molar-refractivity contribution in [2.45, 2.75) is 57.1 Å². The molecule has 1 N–H and O–H groups in total. The second-order valence-corrected chi connectivity index (χ2v) is 10.3. The Labute approximate surface area is 197 Å². The first-order chi connectivity index (χ1) is 16.2. The molecule has 0 saturated heterocycles. The van der Waals surface area contributed by atoms with E-state index < -0.39 is 21.6 Å². The molecule has 0 bridgehead atoms. The second-order valence-electron chi connectivity index (χ2n) is 8.57. The molecule has 34 heavy (non-hydrogen) atoms. The van der Waals surface area contributed by atoms with E-state index >= 15 is 0 Å². The first kappa shape index (κ1) is 24.0. The molecule has 4 rings (SSSR count). The zero-order valence-electron chi connectivity index (χ0n) is 19.3. The van der Waals surface area contributed by atoms with Crippen LogP contribution >= 0.6 is 0 Å². The standard InChI is InChI=1S/C25H27NO7S/c1-15-10-20-18(13-24(27)33-22(20)11-16(15)2)14-32-25(28)17-8-9-21(31-3)23(12-17)34(29,30)26-19-6-4-5-7-19/h8-13,19,26H,4-7,14H2,1-3H3. The Kier molecular flexibility index (Phi) is 6.77. The summed E-state index contributed by atoms with van der Waals surface area (Å²) < 4.78 is 44.6. The van der Waals surface area contributed by atoms with Crippen molar-refractivity contribution in [1.29, 1.82) is 0 Å². The lowest BCUT2D eigenvalue weighted by molar-refractivity contribution is 0.0473. The van der Waals surface area contributed by atoms with Gasteiger partial charge in [-0.3, -0.25) is 0 Å². The number of carbonyl (C=O) groups excluding carboxylic acids is 1. The van der Waals surface area contributed by atoms with Crippen LogP contribution in [0.25, 0.3) is 11.0 Å². The van der Waals surface area contributed by atoms with Crippen LogP contribution in [0.3, 0.4) is 0 Å². The molecular formula is C25H27NO7S. The lowest BCUT2D eigenvalue weighted by Crippen LogP contribution is -2.33. The SMILES string of the molecule is COc1ccc(C(=O)OCc2cc(=O)oc3cc(C)c(C)cc23)cc1S(=O)(=O)NC1CCCC1. The Hall–Kier alpha value is -3.17. The predicted octanol–water partition coefficient (Wildman–Crippen LogP) is 4.00. The van der Waals surface area contributed by atoms with Crippen LogP contribution in [-0.2, 0) is 21.4 Å². The lowest BCUT2D eigenvalue weighted by atomic mass is 10.0. The van der Waals surface area contributed by atoms with Gasteiger partial charge in [0.05, 0.1) is 12.7 Å². The maximum atomic E-state index is 13.0. The van der Waals surface area contributed by atoms with E-state index in [4.69, 9.17) is 13.9 Å². The molecule has 1 aromatic heterocycles. The van der Waals surface area contributed by atoms with E-state index in [1.807, 2.05) is 19.9 Å². The highest BCUT2D eigenvalue weighted by molar-refractivity contribution is 7.89. The molecule has 1 saturated carbocycles. The summed E-state index contributed by atoms with van der Waals surface area (Å²) in [6.45, 7) is 3.69. The van der Waals surface area contributed by atoms with Gasteiger partial charge in [-0.05, 0) is 68.1 Å². The number of nitrogens with one attached hydrogen (secondary N) is 1. The van der Waals surface area contributed by atoms with Gasteiger partial charge >= 0.3 is 11.6 Å². The Morgan fingerprint density at radius 1 is 1.09 bits per heavy atom. The fourth-order valence-corrected chi connectivity index (χ4v) is 5.67. The molecule has 180 valence electrons. The van der Waals surface area contributed by atoms with Crippen molar-refractivity contribution < 1.29 is 27.1 Å². The quantitative estimate of drug-likeness (QED) is 0.398. The molecule has 1 aliphatic carbocycles. The van der Waals surface area contributed by atoms with Gasteiger partial charge in [-0.25, -0.2) is 22.7 Å². The zero-order valence-corrected chi connectivity index (χ0v) is 20.2. The molecule has 0 aliphatic heterocycles.